The quantitative estimate of drug-likeness (QED) is 0.760. The third kappa shape index (κ3) is 2.46. The molecule has 0 radical (unpaired) electrons. The lowest BCUT2D eigenvalue weighted by Crippen LogP contribution is -2.05. The fraction of sp³-hybridized carbons (Fsp3) is 0.538. The van der Waals surface area contributed by atoms with Crippen LogP contribution in [0.2, 0.25) is 0 Å². The number of nitrogens with zero attached hydrogens (tertiary/aromatic N) is 4. The average Bonchev–Trinajstić information content (AvgIpc) is 2.86. The summed E-state index contributed by atoms with van der Waals surface area (Å²) in [6, 6.07) is 0. The molecular formula is C13H20N4O. The SMILES string of the molecule is COCCCn1nc(C)c(C)c1-c1cn(C)cn1. The fourth-order valence-corrected chi connectivity index (χ4v) is 2.05. The Bertz CT molecular complexity index is 527. The molecule has 0 aliphatic rings. The van der Waals surface area contributed by atoms with Crippen LogP contribution in [0.4, 0.5) is 0 Å². The van der Waals surface area contributed by atoms with Crippen LogP contribution < -0.4 is 0 Å². The van der Waals surface area contributed by atoms with E-state index >= 15 is 0 Å². The number of rotatable bonds is 5. The third-order valence-corrected chi connectivity index (χ3v) is 3.09. The van der Waals surface area contributed by atoms with Crippen molar-refractivity contribution in [2.24, 2.45) is 7.05 Å². The first-order chi connectivity index (χ1) is 8.63. The second-order valence-electron chi connectivity index (χ2n) is 4.55. The van der Waals surface area contributed by atoms with Crippen molar-refractivity contribution in [2.45, 2.75) is 26.8 Å². The highest BCUT2D eigenvalue weighted by molar-refractivity contribution is 5.59. The summed E-state index contributed by atoms with van der Waals surface area (Å²) in [5, 5.41) is 4.58. The van der Waals surface area contributed by atoms with Gasteiger partial charge in [-0.05, 0) is 25.8 Å². The van der Waals surface area contributed by atoms with Crippen molar-refractivity contribution in [3.8, 4) is 11.4 Å². The molecule has 0 fully saturated rings. The molecule has 0 amide bonds. The molecule has 0 aliphatic carbocycles. The van der Waals surface area contributed by atoms with Crippen molar-refractivity contribution in [3.05, 3.63) is 23.8 Å². The molecule has 5 nitrogen and oxygen atoms in total. The van der Waals surface area contributed by atoms with Crippen LogP contribution in [0, 0.1) is 13.8 Å². The van der Waals surface area contributed by atoms with Crippen molar-refractivity contribution in [2.75, 3.05) is 13.7 Å². The first-order valence-corrected chi connectivity index (χ1v) is 6.14. The molecule has 0 unspecified atom stereocenters. The van der Waals surface area contributed by atoms with Gasteiger partial charge in [-0.1, -0.05) is 0 Å². The van der Waals surface area contributed by atoms with Crippen molar-refractivity contribution in [1.29, 1.82) is 0 Å². The van der Waals surface area contributed by atoms with Gasteiger partial charge in [0.05, 0.1) is 17.7 Å². The molecular weight excluding hydrogens is 228 g/mol. The molecule has 0 bridgehead atoms. The second-order valence-corrected chi connectivity index (χ2v) is 4.55. The fourth-order valence-electron chi connectivity index (χ4n) is 2.05. The van der Waals surface area contributed by atoms with Gasteiger partial charge in [-0.3, -0.25) is 4.68 Å². The number of ether oxygens (including phenoxy) is 1. The molecule has 2 aromatic rings. The third-order valence-electron chi connectivity index (χ3n) is 3.09. The van der Waals surface area contributed by atoms with E-state index in [1.165, 1.54) is 5.56 Å². The van der Waals surface area contributed by atoms with Crippen LogP contribution >= 0.6 is 0 Å². The van der Waals surface area contributed by atoms with Gasteiger partial charge in [0.2, 0.25) is 0 Å². The molecule has 0 saturated carbocycles. The second kappa shape index (κ2) is 5.35. The first kappa shape index (κ1) is 12.8. The summed E-state index contributed by atoms with van der Waals surface area (Å²) in [7, 11) is 3.70. The summed E-state index contributed by atoms with van der Waals surface area (Å²) in [5.41, 5.74) is 4.36. The van der Waals surface area contributed by atoms with E-state index in [1.807, 2.05) is 35.7 Å². The molecule has 0 atom stereocenters. The minimum Gasteiger partial charge on any atom is -0.385 e. The number of hydrogen-bond acceptors (Lipinski definition) is 3. The van der Waals surface area contributed by atoms with Gasteiger partial charge < -0.3 is 9.30 Å². The minimum absolute atomic E-state index is 0.750. The summed E-state index contributed by atoms with van der Waals surface area (Å²) >= 11 is 0. The lowest BCUT2D eigenvalue weighted by molar-refractivity contribution is 0.189. The summed E-state index contributed by atoms with van der Waals surface area (Å²) in [6.45, 7) is 5.74. The van der Waals surface area contributed by atoms with Gasteiger partial charge in [0.15, 0.2) is 0 Å². The highest BCUT2D eigenvalue weighted by Crippen LogP contribution is 2.24. The molecule has 0 saturated heterocycles. The maximum absolute atomic E-state index is 5.09. The van der Waals surface area contributed by atoms with Gasteiger partial charge in [-0.25, -0.2) is 4.98 Å². The summed E-state index contributed by atoms with van der Waals surface area (Å²) in [5.74, 6) is 0. The Labute approximate surface area is 107 Å². The van der Waals surface area contributed by atoms with Gasteiger partial charge in [0, 0.05) is 33.5 Å². The molecule has 0 aliphatic heterocycles. The zero-order chi connectivity index (χ0) is 13.1. The van der Waals surface area contributed by atoms with Crippen molar-refractivity contribution in [1.82, 2.24) is 19.3 Å². The number of aryl methyl sites for hydroxylation is 3. The van der Waals surface area contributed by atoms with Gasteiger partial charge in [0.25, 0.3) is 0 Å². The standard InChI is InChI=1S/C13H20N4O/c1-10-11(2)15-17(6-5-7-18-4)13(10)12-8-16(3)9-14-12/h8-9H,5-7H2,1-4H3. The first-order valence-electron chi connectivity index (χ1n) is 6.14. The van der Waals surface area contributed by atoms with E-state index in [9.17, 15) is 0 Å². The largest absolute Gasteiger partial charge is 0.385 e. The smallest absolute Gasteiger partial charge is 0.107 e. The maximum atomic E-state index is 5.09. The number of hydrogen-bond donors (Lipinski definition) is 0. The zero-order valence-corrected chi connectivity index (χ0v) is 11.5. The molecule has 2 rings (SSSR count). The van der Waals surface area contributed by atoms with Crippen LogP contribution in [0.15, 0.2) is 12.5 Å². The van der Waals surface area contributed by atoms with Gasteiger partial charge in [0.1, 0.15) is 5.69 Å². The predicted molar refractivity (Wildman–Crippen MR) is 70.4 cm³/mol. The Morgan fingerprint density at radius 2 is 2.11 bits per heavy atom. The van der Waals surface area contributed by atoms with Crippen molar-refractivity contribution in [3.63, 3.8) is 0 Å². The number of methoxy groups -OCH3 is 1. The highest BCUT2D eigenvalue weighted by Gasteiger charge is 2.15. The van der Waals surface area contributed by atoms with Crippen LogP contribution in [0.25, 0.3) is 11.4 Å². The Morgan fingerprint density at radius 3 is 2.72 bits per heavy atom. The van der Waals surface area contributed by atoms with Crippen LogP contribution in [0.1, 0.15) is 17.7 Å². The predicted octanol–water partition coefficient (Wildman–Crippen LogP) is 1.94. The summed E-state index contributed by atoms with van der Waals surface area (Å²) in [6.07, 6.45) is 4.80. The van der Waals surface area contributed by atoms with E-state index < -0.39 is 0 Å². The summed E-state index contributed by atoms with van der Waals surface area (Å²) < 4.78 is 9.08. The Balaban J connectivity index is 2.32. The van der Waals surface area contributed by atoms with Crippen LogP contribution in [0.3, 0.4) is 0 Å². The topological polar surface area (TPSA) is 44.9 Å². The Kier molecular flexibility index (Phi) is 3.81. The van der Waals surface area contributed by atoms with E-state index in [2.05, 4.69) is 17.0 Å². The molecule has 5 heteroatoms. The van der Waals surface area contributed by atoms with Crippen LogP contribution in [-0.2, 0) is 18.3 Å². The van der Waals surface area contributed by atoms with E-state index in [4.69, 9.17) is 4.74 Å². The number of aromatic nitrogens is 4. The normalized spacial score (nSPS) is 11.1. The van der Waals surface area contributed by atoms with E-state index in [-0.39, 0.29) is 0 Å². The van der Waals surface area contributed by atoms with Crippen molar-refractivity contribution >= 4 is 0 Å². The van der Waals surface area contributed by atoms with Crippen molar-refractivity contribution < 1.29 is 4.74 Å². The lowest BCUT2D eigenvalue weighted by atomic mass is 10.2. The average molecular weight is 248 g/mol. The molecule has 0 spiro atoms. The summed E-state index contributed by atoms with van der Waals surface area (Å²) in [4.78, 5) is 4.42. The zero-order valence-electron chi connectivity index (χ0n) is 11.5. The molecule has 2 heterocycles. The molecule has 2 aromatic heterocycles. The Hall–Kier alpha value is -1.62. The molecule has 98 valence electrons. The van der Waals surface area contributed by atoms with Crippen LogP contribution in [-0.4, -0.2) is 33.0 Å². The van der Waals surface area contributed by atoms with Gasteiger partial charge in [-0.2, -0.15) is 5.10 Å². The van der Waals surface area contributed by atoms with E-state index in [0.717, 1.165) is 36.7 Å². The molecule has 18 heavy (non-hydrogen) atoms. The van der Waals surface area contributed by atoms with E-state index in [1.54, 1.807) is 7.11 Å². The van der Waals surface area contributed by atoms with Gasteiger partial charge in [-0.15, -0.1) is 0 Å². The highest BCUT2D eigenvalue weighted by atomic mass is 16.5. The molecule has 0 N–H and O–H groups in total. The maximum Gasteiger partial charge on any atom is 0.107 e. The minimum atomic E-state index is 0.750. The molecule has 0 aromatic carbocycles. The Morgan fingerprint density at radius 1 is 1.33 bits per heavy atom. The van der Waals surface area contributed by atoms with E-state index in [0.29, 0.717) is 0 Å². The monoisotopic (exact) mass is 248 g/mol. The van der Waals surface area contributed by atoms with Gasteiger partial charge >= 0.3 is 0 Å². The lowest BCUT2D eigenvalue weighted by Gasteiger charge is -2.06. The number of imidazole rings is 1. The van der Waals surface area contributed by atoms with Crippen LogP contribution in [0.5, 0.6) is 0 Å².